The highest BCUT2D eigenvalue weighted by molar-refractivity contribution is 6.53. The monoisotopic (exact) mass is 355 g/mol. The summed E-state index contributed by atoms with van der Waals surface area (Å²) in [5.74, 6) is -0.506. The quantitative estimate of drug-likeness (QED) is 0.760. The van der Waals surface area contributed by atoms with E-state index in [1.165, 1.54) is 29.2 Å². The maximum atomic E-state index is 12.3. The third kappa shape index (κ3) is 3.60. The molecule has 1 saturated carbocycles. The van der Waals surface area contributed by atoms with Crippen molar-refractivity contribution < 1.29 is 22.7 Å². The molecule has 1 unspecified atom stereocenters. The summed E-state index contributed by atoms with van der Waals surface area (Å²) in [6, 6.07) is 5.34. The molecule has 0 radical (unpaired) electrons. The minimum atomic E-state index is -4.72. The lowest BCUT2D eigenvalue weighted by Gasteiger charge is -2.22. The molecule has 0 spiro atoms. The third-order valence-corrected chi connectivity index (χ3v) is 4.75. The summed E-state index contributed by atoms with van der Waals surface area (Å²) < 4.78 is 38.9. The molecule has 1 aromatic carbocycles. The number of ether oxygens (including phenoxy) is 1. The second kappa shape index (κ2) is 5.49. The summed E-state index contributed by atoms with van der Waals surface area (Å²) in [5.41, 5.74) is -0.145. The molecule has 1 aliphatic rings. The minimum Gasteiger partial charge on any atom is -0.406 e. The van der Waals surface area contributed by atoms with Crippen LogP contribution in [0.15, 0.2) is 24.3 Å². The normalized spacial score (nSPS) is 23.0. The van der Waals surface area contributed by atoms with Crippen molar-refractivity contribution in [1.29, 1.82) is 0 Å². The first-order valence-corrected chi connectivity index (χ1v) is 7.18. The zero-order chi connectivity index (χ0) is 16.8. The van der Waals surface area contributed by atoms with Crippen molar-refractivity contribution in [2.45, 2.75) is 30.6 Å². The number of alkyl halides is 5. The third-order valence-electron chi connectivity index (χ3n) is 3.65. The van der Waals surface area contributed by atoms with Crippen molar-refractivity contribution >= 4 is 29.1 Å². The molecule has 2 rings (SSSR count). The van der Waals surface area contributed by atoms with Crippen LogP contribution in [0.2, 0.25) is 0 Å². The van der Waals surface area contributed by atoms with Crippen LogP contribution in [0.4, 0.5) is 13.2 Å². The Balaban J connectivity index is 1.98. The molecule has 22 heavy (non-hydrogen) atoms. The van der Waals surface area contributed by atoms with Gasteiger partial charge >= 0.3 is 6.36 Å². The van der Waals surface area contributed by atoms with Crippen molar-refractivity contribution in [3.05, 3.63) is 29.8 Å². The Labute approximate surface area is 135 Å². The van der Waals surface area contributed by atoms with Gasteiger partial charge in [0.2, 0.25) is 5.91 Å². The largest absolute Gasteiger partial charge is 0.573 e. The number of rotatable bonds is 4. The van der Waals surface area contributed by atoms with Gasteiger partial charge in [-0.15, -0.1) is 36.4 Å². The fourth-order valence-corrected chi connectivity index (χ4v) is 2.89. The second-order valence-corrected chi connectivity index (χ2v) is 7.05. The second-order valence-electron chi connectivity index (χ2n) is 5.57. The molecular formula is C14H14Cl2F3NO2. The van der Waals surface area contributed by atoms with Crippen LogP contribution in [0, 0.1) is 5.41 Å². The van der Waals surface area contributed by atoms with Gasteiger partial charge in [0.05, 0.1) is 5.41 Å². The Bertz CT molecular complexity index is 574. The zero-order valence-electron chi connectivity index (χ0n) is 11.9. The minimum absolute atomic E-state index is 0.201. The molecule has 0 saturated heterocycles. The molecule has 1 aromatic rings. The van der Waals surface area contributed by atoms with Crippen molar-refractivity contribution in [3.63, 3.8) is 0 Å². The first kappa shape index (κ1) is 17.2. The summed E-state index contributed by atoms with van der Waals surface area (Å²) >= 11 is 11.9. The van der Waals surface area contributed by atoms with Gasteiger partial charge in [0.25, 0.3) is 0 Å². The van der Waals surface area contributed by atoms with Crippen LogP contribution in [0.25, 0.3) is 0 Å². The fourth-order valence-electron chi connectivity index (χ4n) is 2.20. The lowest BCUT2D eigenvalue weighted by molar-refractivity contribution is -0.274. The lowest BCUT2D eigenvalue weighted by Crippen LogP contribution is -2.34. The first-order chi connectivity index (χ1) is 9.95. The van der Waals surface area contributed by atoms with Gasteiger partial charge in [-0.05, 0) is 31.0 Å². The van der Waals surface area contributed by atoms with Gasteiger partial charge < -0.3 is 9.64 Å². The number of hydrogen-bond donors (Lipinski definition) is 0. The highest BCUT2D eigenvalue weighted by Crippen LogP contribution is 2.64. The molecular weight excluding hydrogens is 342 g/mol. The van der Waals surface area contributed by atoms with Crippen LogP contribution in [-0.2, 0) is 11.3 Å². The van der Waals surface area contributed by atoms with Crippen LogP contribution in [0.1, 0.15) is 18.9 Å². The highest BCUT2D eigenvalue weighted by Gasteiger charge is 2.68. The Hall–Kier alpha value is -1.14. The first-order valence-electron chi connectivity index (χ1n) is 6.43. The molecule has 8 heteroatoms. The molecule has 0 aromatic heterocycles. The molecule has 0 aliphatic heterocycles. The summed E-state index contributed by atoms with van der Waals surface area (Å²) in [6.07, 6.45) is -4.34. The van der Waals surface area contributed by atoms with E-state index < -0.39 is 16.1 Å². The van der Waals surface area contributed by atoms with Crippen molar-refractivity contribution in [1.82, 2.24) is 4.90 Å². The molecule has 1 atom stereocenters. The molecule has 122 valence electrons. The Kier molecular flexibility index (Phi) is 4.30. The van der Waals surface area contributed by atoms with Crippen LogP contribution in [0.5, 0.6) is 5.75 Å². The van der Waals surface area contributed by atoms with E-state index in [1.54, 1.807) is 14.0 Å². The molecule has 0 N–H and O–H groups in total. The van der Waals surface area contributed by atoms with Gasteiger partial charge in [0.15, 0.2) is 0 Å². The Morgan fingerprint density at radius 3 is 2.23 bits per heavy atom. The Morgan fingerprint density at radius 1 is 1.32 bits per heavy atom. The molecule has 0 heterocycles. The van der Waals surface area contributed by atoms with Gasteiger partial charge in [-0.1, -0.05) is 12.1 Å². The number of carbonyl (C=O) groups excluding carboxylic acids is 1. The average Bonchev–Trinajstić information content (AvgIpc) is 2.89. The van der Waals surface area contributed by atoms with Crippen LogP contribution < -0.4 is 4.74 Å². The summed E-state index contributed by atoms with van der Waals surface area (Å²) in [5, 5.41) is 0. The van der Waals surface area contributed by atoms with Crippen molar-refractivity contribution in [3.8, 4) is 5.75 Å². The summed E-state index contributed by atoms with van der Waals surface area (Å²) in [6.45, 7) is 1.93. The van der Waals surface area contributed by atoms with Gasteiger partial charge in [-0.2, -0.15) is 0 Å². The maximum absolute atomic E-state index is 12.3. The average molecular weight is 356 g/mol. The topological polar surface area (TPSA) is 29.5 Å². The van der Waals surface area contributed by atoms with E-state index in [9.17, 15) is 18.0 Å². The van der Waals surface area contributed by atoms with E-state index in [4.69, 9.17) is 23.2 Å². The van der Waals surface area contributed by atoms with E-state index >= 15 is 0 Å². The smallest absolute Gasteiger partial charge is 0.406 e. The maximum Gasteiger partial charge on any atom is 0.573 e. The highest BCUT2D eigenvalue weighted by atomic mass is 35.5. The number of carbonyl (C=O) groups is 1. The molecule has 1 aliphatic carbocycles. The molecule has 1 amide bonds. The van der Waals surface area contributed by atoms with E-state index in [1.807, 2.05) is 0 Å². The van der Waals surface area contributed by atoms with Crippen LogP contribution in [-0.4, -0.2) is 28.6 Å². The zero-order valence-corrected chi connectivity index (χ0v) is 13.4. The summed E-state index contributed by atoms with van der Waals surface area (Å²) in [4.78, 5) is 13.7. The number of benzene rings is 1. The van der Waals surface area contributed by atoms with E-state index in [0.717, 1.165) is 0 Å². The predicted molar refractivity (Wildman–Crippen MR) is 76.8 cm³/mol. The van der Waals surface area contributed by atoms with Gasteiger partial charge in [-0.3, -0.25) is 4.79 Å². The Morgan fingerprint density at radius 2 is 1.82 bits per heavy atom. The fraction of sp³-hybridized carbons (Fsp3) is 0.500. The standard InChI is InChI=1S/C14H14Cl2F3NO2/c1-12(8-13(12,15)16)11(21)20(2)7-9-3-5-10(6-4-9)22-14(17,18)19/h3-6H,7-8H2,1-2H3. The lowest BCUT2D eigenvalue weighted by atomic mass is 10.1. The number of nitrogens with zero attached hydrogens (tertiary/aromatic N) is 1. The van der Waals surface area contributed by atoms with Crippen LogP contribution in [0.3, 0.4) is 0 Å². The van der Waals surface area contributed by atoms with Gasteiger partial charge in [0.1, 0.15) is 10.1 Å². The predicted octanol–water partition coefficient (Wildman–Crippen LogP) is 4.13. The molecule has 0 bridgehead atoms. The number of halogens is 5. The van der Waals surface area contributed by atoms with E-state index in [-0.39, 0.29) is 18.2 Å². The van der Waals surface area contributed by atoms with E-state index in [0.29, 0.717) is 12.0 Å². The van der Waals surface area contributed by atoms with Gasteiger partial charge in [-0.25, -0.2) is 0 Å². The number of hydrogen-bond acceptors (Lipinski definition) is 2. The molecule has 1 fully saturated rings. The van der Waals surface area contributed by atoms with Gasteiger partial charge in [0, 0.05) is 13.6 Å². The van der Waals surface area contributed by atoms with Crippen molar-refractivity contribution in [2.24, 2.45) is 5.41 Å². The van der Waals surface area contributed by atoms with E-state index in [2.05, 4.69) is 4.74 Å². The van der Waals surface area contributed by atoms with Crippen molar-refractivity contribution in [2.75, 3.05) is 7.05 Å². The SMILES string of the molecule is CN(Cc1ccc(OC(F)(F)F)cc1)C(=O)C1(C)CC1(Cl)Cl. The number of amides is 1. The summed E-state index contributed by atoms with van der Waals surface area (Å²) in [7, 11) is 1.59. The van der Waals surface area contributed by atoms with Crippen LogP contribution >= 0.6 is 23.2 Å². The molecule has 3 nitrogen and oxygen atoms in total.